The molecule has 3 rings (SSSR count). The molecule has 2 aromatic carbocycles. The van der Waals surface area contributed by atoms with Gasteiger partial charge in [-0.25, -0.2) is 0 Å². The number of nitro groups is 1. The van der Waals surface area contributed by atoms with Crippen LogP contribution in [-0.4, -0.2) is 17.4 Å². The van der Waals surface area contributed by atoms with Crippen molar-refractivity contribution in [1.82, 2.24) is 5.32 Å². The van der Waals surface area contributed by atoms with Crippen molar-refractivity contribution in [2.75, 3.05) is 6.54 Å². The lowest BCUT2D eigenvalue weighted by Crippen LogP contribution is -2.29. The van der Waals surface area contributed by atoms with Gasteiger partial charge in [0.15, 0.2) is 0 Å². The molecule has 0 saturated carbocycles. The monoisotopic (exact) mass is 296 g/mol. The van der Waals surface area contributed by atoms with E-state index in [1.807, 2.05) is 18.2 Å². The van der Waals surface area contributed by atoms with Crippen LogP contribution in [0.4, 0.5) is 5.69 Å². The van der Waals surface area contributed by atoms with Gasteiger partial charge in [-0.15, -0.1) is 0 Å². The summed E-state index contributed by atoms with van der Waals surface area (Å²) in [5.74, 6) is -0.233. The summed E-state index contributed by atoms with van der Waals surface area (Å²) in [5, 5.41) is 13.6. The maximum absolute atomic E-state index is 12.3. The molecule has 1 heterocycles. The number of nitro benzene ring substituents is 1. The number of rotatable bonds is 3. The van der Waals surface area contributed by atoms with E-state index >= 15 is 0 Å². The molecule has 5 nitrogen and oxygen atoms in total. The van der Waals surface area contributed by atoms with Gasteiger partial charge in [-0.3, -0.25) is 14.9 Å². The zero-order valence-electron chi connectivity index (χ0n) is 12.0. The molecule has 1 aliphatic heterocycles. The average Bonchev–Trinajstić information content (AvgIpc) is 2.68. The van der Waals surface area contributed by atoms with E-state index < -0.39 is 4.92 Å². The number of nitrogens with zero attached hydrogens (tertiary/aromatic N) is 1. The van der Waals surface area contributed by atoms with E-state index in [0.717, 1.165) is 17.5 Å². The number of carbonyl (C=O) groups is 1. The minimum atomic E-state index is -0.419. The Kier molecular flexibility index (Phi) is 3.87. The number of nitrogens with one attached hydrogen (secondary N) is 1. The predicted molar refractivity (Wildman–Crippen MR) is 82.7 cm³/mol. The summed E-state index contributed by atoms with van der Waals surface area (Å²) in [5.41, 5.74) is 3.22. The van der Waals surface area contributed by atoms with Gasteiger partial charge in [0.25, 0.3) is 5.69 Å². The molecule has 1 amide bonds. The fourth-order valence-electron chi connectivity index (χ4n) is 2.88. The second-order valence-electron chi connectivity index (χ2n) is 5.42. The smallest absolute Gasteiger partial charge is 0.269 e. The molecule has 5 heteroatoms. The topological polar surface area (TPSA) is 72.2 Å². The number of hydrogen-bond donors (Lipinski definition) is 1. The number of amides is 1. The minimum Gasteiger partial charge on any atom is -0.355 e. The molecule has 22 heavy (non-hydrogen) atoms. The molecule has 112 valence electrons. The van der Waals surface area contributed by atoms with Gasteiger partial charge in [-0.1, -0.05) is 36.4 Å². The van der Waals surface area contributed by atoms with Gasteiger partial charge in [0.05, 0.1) is 10.8 Å². The van der Waals surface area contributed by atoms with E-state index in [1.165, 1.54) is 17.7 Å². The maximum Gasteiger partial charge on any atom is 0.269 e. The van der Waals surface area contributed by atoms with Gasteiger partial charge in [0, 0.05) is 18.7 Å². The summed E-state index contributed by atoms with van der Waals surface area (Å²) in [4.78, 5) is 22.6. The third-order valence-electron chi connectivity index (χ3n) is 4.03. The van der Waals surface area contributed by atoms with Crippen molar-refractivity contribution in [3.8, 4) is 0 Å². The summed E-state index contributed by atoms with van der Waals surface area (Å²) < 4.78 is 0. The number of non-ortho nitro benzene ring substituents is 1. The van der Waals surface area contributed by atoms with Crippen LogP contribution in [0.2, 0.25) is 0 Å². The van der Waals surface area contributed by atoms with Gasteiger partial charge >= 0.3 is 0 Å². The number of hydrogen-bond acceptors (Lipinski definition) is 3. The van der Waals surface area contributed by atoms with E-state index in [9.17, 15) is 14.9 Å². The van der Waals surface area contributed by atoms with E-state index in [4.69, 9.17) is 0 Å². The Hall–Kier alpha value is -2.69. The van der Waals surface area contributed by atoms with Gasteiger partial charge in [-0.2, -0.15) is 0 Å². The minimum absolute atomic E-state index is 0.0169. The molecule has 1 unspecified atom stereocenters. The lowest BCUT2D eigenvalue weighted by molar-refractivity contribution is -0.384. The Morgan fingerprint density at radius 3 is 2.59 bits per heavy atom. The van der Waals surface area contributed by atoms with Crippen molar-refractivity contribution in [2.24, 2.45) is 0 Å². The first-order valence-corrected chi connectivity index (χ1v) is 7.24. The Labute approximate surface area is 128 Å². The van der Waals surface area contributed by atoms with E-state index in [1.54, 1.807) is 12.1 Å². The van der Waals surface area contributed by atoms with Crippen LogP contribution in [0.3, 0.4) is 0 Å². The molecule has 0 radical (unpaired) electrons. The molecule has 2 aromatic rings. The third-order valence-corrected chi connectivity index (χ3v) is 4.03. The quantitative estimate of drug-likeness (QED) is 0.699. The molecule has 0 spiro atoms. The van der Waals surface area contributed by atoms with Crippen LogP contribution in [0.25, 0.3) is 0 Å². The van der Waals surface area contributed by atoms with Crippen molar-refractivity contribution < 1.29 is 9.72 Å². The molecule has 1 N–H and O–H groups in total. The highest BCUT2D eigenvalue weighted by molar-refractivity contribution is 5.85. The van der Waals surface area contributed by atoms with E-state index in [0.29, 0.717) is 13.0 Å². The summed E-state index contributed by atoms with van der Waals surface area (Å²) in [6.45, 7) is 0.645. The zero-order chi connectivity index (χ0) is 15.5. The standard InChI is InChI=1S/C17H16N2O3/c20-17-16(11-12-5-7-14(8-6-12)19(21)22)15-4-2-1-3-13(15)9-10-18-17/h1-8,16H,9-11H2,(H,18,20). The Morgan fingerprint density at radius 1 is 1.14 bits per heavy atom. The molecule has 0 aliphatic carbocycles. The normalized spacial score (nSPS) is 17.3. The van der Waals surface area contributed by atoms with Gasteiger partial charge < -0.3 is 5.32 Å². The molecule has 0 fully saturated rings. The van der Waals surface area contributed by atoms with Gasteiger partial charge in [0.2, 0.25) is 5.91 Å². The van der Waals surface area contributed by atoms with E-state index in [-0.39, 0.29) is 17.5 Å². The van der Waals surface area contributed by atoms with Crippen LogP contribution in [0.5, 0.6) is 0 Å². The molecule has 0 aromatic heterocycles. The molecule has 1 aliphatic rings. The second kappa shape index (κ2) is 5.97. The summed E-state index contributed by atoms with van der Waals surface area (Å²) >= 11 is 0. The van der Waals surface area contributed by atoms with Gasteiger partial charge in [-0.05, 0) is 29.5 Å². The Bertz CT molecular complexity index is 710. The van der Waals surface area contributed by atoms with Crippen molar-refractivity contribution in [3.63, 3.8) is 0 Å². The largest absolute Gasteiger partial charge is 0.355 e. The van der Waals surface area contributed by atoms with E-state index in [2.05, 4.69) is 11.4 Å². The Morgan fingerprint density at radius 2 is 1.86 bits per heavy atom. The highest BCUT2D eigenvalue weighted by Crippen LogP contribution is 2.27. The molecular weight excluding hydrogens is 280 g/mol. The Balaban J connectivity index is 1.89. The molecule has 0 saturated heterocycles. The van der Waals surface area contributed by atoms with Crippen LogP contribution in [-0.2, 0) is 17.6 Å². The van der Waals surface area contributed by atoms with Crippen LogP contribution in [0.15, 0.2) is 48.5 Å². The number of carbonyl (C=O) groups excluding carboxylic acids is 1. The first kappa shape index (κ1) is 14.3. The van der Waals surface area contributed by atoms with Crippen molar-refractivity contribution >= 4 is 11.6 Å². The number of fused-ring (bicyclic) bond motifs is 1. The highest BCUT2D eigenvalue weighted by Gasteiger charge is 2.25. The molecule has 0 bridgehead atoms. The van der Waals surface area contributed by atoms with Crippen LogP contribution >= 0.6 is 0 Å². The maximum atomic E-state index is 12.3. The fourth-order valence-corrected chi connectivity index (χ4v) is 2.88. The first-order valence-electron chi connectivity index (χ1n) is 7.24. The lowest BCUT2D eigenvalue weighted by Gasteiger charge is -2.16. The molecular formula is C17H16N2O3. The van der Waals surface area contributed by atoms with Crippen molar-refractivity contribution in [1.29, 1.82) is 0 Å². The number of benzene rings is 2. The lowest BCUT2D eigenvalue weighted by atomic mass is 9.88. The van der Waals surface area contributed by atoms with Crippen molar-refractivity contribution in [2.45, 2.75) is 18.8 Å². The second-order valence-corrected chi connectivity index (χ2v) is 5.42. The first-order chi connectivity index (χ1) is 10.6. The fraction of sp³-hybridized carbons (Fsp3) is 0.235. The zero-order valence-corrected chi connectivity index (χ0v) is 12.0. The SMILES string of the molecule is O=C1NCCc2ccccc2C1Cc1ccc([N+](=O)[O-])cc1. The summed E-state index contributed by atoms with van der Waals surface area (Å²) in [6.07, 6.45) is 1.37. The molecule has 1 atom stereocenters. The van der Waals surface area contributed by atoms with Crippen LogP contribution in [0.1, 0.15) is 22.6 Å². The average molecular weight is 296 g/mol. The van der Waals surface area contributed by atoms with Crippen LogP contribution in [0, 0.1) is 10.1 Å². The summed E-state index contributed by atoms with van der Waals surface area (Å²) in [7, 11) is 0. The van der Waals surface area contributed by atoms with Crippen LogP contribution < -0.4 is 5.32 Å². The van der Waals surface area contributed by atoms with Crippen molar-refractivity contribution in [3.05, 3.63) is 75.3 Å². The van der Waals surface area contributed by atoms with Gasteiger partial charge in [0.1, 0.15) is 0 Å². The third kappa shape index (κ3) is 2.83. The highest BCUT2D eigenvalue weighted by atomic mass is 16.6. The summed E-state index contributed by atoms with van der Waals surface area (Å²) in [6, 6.07) is 14.4. The predicted octanol–water partition coefficient (Wildman–Crippen LogP) is 2.59.